The predicted molar refractivity (Wildman–Crippen MR) is 126 cm³/mol. The van der Waals surface area contributed by atoms with Crippen molar-refractivity contribution in [2.45, 2.75) is 5.16 Å². The number of Topliss-reactive ketones (excluding diaryl/α,β-unsaturated/α-hetero) is 1. The molecule has 1 N–H and O–H groups in total. The Labute approximate surface area is 191 Å². The van der Waals surface area contributed by atoms with Crippen LogP contribution in [-0.2, 0) is 4.79 Å². The molecule has 0 fully saturated rings. The Morgan fingerprint density at radius 2 is 2.03 bits per heavy atom. The van der Waals surface area contributed by atoms with E-state index in [9.17, 15) is 14.4 Å². The van der Waals surface area contributed by atoms with E-state index in [1.54, 1.807) is 25.2 Å². The SMILES string of the molecule is CN1C(=O)COc2ccc(C(=O)CSc3nc4scc(-c5ccccc5)c4c(=O)[nH]3)cc21. The molecule has 2 aromatic heterocycles. The third-order valence-corrected chi connectivity index (χ3v) is 6.96. The first-order chi connectivity index (χ1) is 15.5. The lowest BCUT2D eigenvalue weighted by molar-refractivity contribution is -0.120. The molecule has 0 spiro atoms. The summed E-state index contributed by atoms with van der Waals surface area (Å²) in [6.45, 7) is -0.0110. The van der Waals surface area contributed by atoms with Crippen molar-refractivity contribution < 1.29 is 14.3 Å². The number of nitrogens with zero attached hydrogens (tertiary/aromatic N) is 2. The Morgan fingerprint density at radius 1 is 1.22 bits per heavy atom. The normalized spacial score (nSPS) is 13.2. The van der Waals surface area contributed by atoms with E-state index in [1.165, 1.54) is 28.0 Å². The lowest BCUT2D eigenvalue weighted by Crippen LogP contribution is -2.35. The number of aromatic amines is 1. The van der Waals surface area contributed by atoms with Gasteiger partial charge in [0.25, 0.3) is 11.5 Å². The summed E-state index contributed by atoms with van der Waals surface area (Å²) in [5.41, 5.74) is 2.61. The van der Waals surface area contributed by atoms with Gasteiger partial charge in [0.1, 0.15) is 10.6 Å². The van der Waals surface area contributed by atoms with Gasteiger partial charge in [-0.3, -0.25) is 14.4 Å². The summed E-state index contributed by atoms with van der Waals surface area (Å²) in [6.07, 6.45) is 0. The van der Waals surface area contributed by atoms with E-state index in [0.29, 0.717) is 32.4 Å². The Hall–Kier alpha value is -3.43. The van der Waals surface area contributed by atoms with Crippen LogP contribution in [0.5, 0.6) is 5.75 Å². The van der Waals surface area contributed by atoms with Gasteiger partial charge in [-0.2, -0.15) is 0 Å². The number of fused-ring (bicyclic) bond motifs is 2. The molecule has 0 unspecified atom stereocenters. The fourth-order valence-electron chi connectivity index (χ4n) is 3.49. The van der Waals surface area contributed by atoms with Gasteiger partial charge in [-0.1, -0.05) is 42.1 Å². The Kier molecular flexibility index (Phi) is 5.28. The molecule has 0 atom stereocenters. The van der Waals surface area contributed by atoms with Crippen molar-refractivity contribution in [2.75, 3.05) is 24.3 Å². The van der Waals surface area contributed by atoms with Gasteiger partial charge < -0.3 is 14.6 Å². The number of carbonyl (C=O) groups excluding carboxylic acids is 2. The topological polar surface area (TPSA) is 92.4 Å². The minimum atomic E-state index is -0.226. The van der Waals surface area contributed by atoms with Gasteiger partial charge >= 0.3 is 0 Å². The second-order valence-electron chi connectivity index (χ2n) is 7.20. The average molecular weight is 464 g/mol. The summed E-state index contributed by atoms with van der Waals surface area (Å²) in [5, 5.41) is 2.87. The molecule has 1 aliphatic heterocycles. The molecule has 32 heavy (non-hydrogen) atoms. The number of anilines is 1. The summed E-state index contributed by atoms with van der Waals surface area (Å²) < 4.78 is 5.40. The van der Waals surface area contributed by atoms with Gasteiger partial charge in [-0.25, -0.2) is 4.98 Å². The molecular weight excluding hydrogens is 446 g/mol. The van der Waals surface area contributed by atoms with Gasteiger partial charge in [0, 0.05) is 23.6 Å². The minimum Gasteiger partial charge on any atom is -0.482 e. The smallest absolute Gasteiger partial charge is 0.264 e. The van der Waals surface area contributed by atoms with Crippen molar-refractivity contribution in [1.82, 2.24) is 9.97 Å². The number of hydrogen-bond donors (Lipinski definition) is 1. The molecule has 5 rings (SSSR count). The number of carbonyl (C=O) groups is 2. The zero-order valence-corrected chi connectivity index (χ0v) is 18.6. The largest absolute Gasteiger partial charge is 0.482 e. The predicted octanol–water partition coefficient (Wildman–Crippen LogP) is 3.98. The summed E-state index contributed by atoms with van der Waals surface area (Å²) in [4.78, 5) is 46.8. The first-order valence-electron chi connectivity index (χ1n) is 9.77. The number of H-pyrrole nitrogens is 1. The van der Waals surface area contributed by atoms with Crippen molar-refractivity contribution in [1.29, 1.82) is 0 Å². The van der Waals surface area contributed by atoms with Gasteiger partial charge in [0.05, 0.1) is 16.8 Å². The van der Waals surface area contributed by atoms with Crippen LogP contribution in [-0.4, -0.2) is 41.1 Å². The van der Waals surface area contributed by atoms with E-state index in [0.717, 1.165) is 11.1 Å². The number of aromatic nitrogens is 2. The van der Waals surface area contributed by atoms with Crippen LogP contribution >= 0.6 is 23.1 Å². The molecule has 3 heterocycles. The van der Waals surface area contributed by atoms with Crippen LogP contribution in [0.3, 0.4) is 0 Å². The zero-order chi connectivity index (χ0) is 22.2. The molecular formula is C23H17N3O4S2. The van der Waals surface area contributed by atoms with Crippen LogP contribution in [0.2, 0.25) is 0 Å². The summed E-state index contributed by atoms with van der Waals surface area (Å²) in [7, 11) is 1.65. The lowest BCUT2D eigenvalue weighted by atomic mass is 10.1. The van der Waals surface area contributed by atoms with Crippen molar-refractivity contribution in [2.24, 2.45) is 0 Å². The Balaban J connectivity index is 1.36. The molecule has 9 heteroatoms. The fourth-order valence-corrected chi connectivity index (χ4v) is 5.25. The molecule has 7 nitrogen and oxygen atoms in total. The van der Waals surface area contributed by atoms with Crippen molar-refractivity contribution in [3.63, 3.8) is 0 Å². The Morgan fingerprint density at radius 3 is 2.84 bits per heavy atom. The molecule has 0 saturated carbocycles. The molecule has 4 aromatic rings. The van der Waals surface area contributed by atoms with E-state index in [4.69, 9.17) is 4.74 Å². The van der Waals surface area contributed by atoms with Crippen LogP contribution in [0, 0.1) is 0 Å². The maximum atomic E-state index is 12.8. The first kappa shape index (κ1) is 20.5. The third kappa shape index (κ3) is 3.69. The lowest BCUT2D eigenvalue weighted by Gasteiger charge is -2.26. The van der Waals surface area contributed by atoms with E-state index in [2.05, 4.69) is 9.97 Å². The first-order valence-corrected chi connectivity index (χ1v) is 11.6. The van der Waals surface area contributed by atoms with Gasteiger partial charge in [0.15, 0.2) is 17.5 Å². The highest BCUT2D eigenvalue weighted by atomic mass is 32.2. The third-order valence-electron chi connectivity index (χ3n) is 5.21. The highest BCUT2D eigenvalue weighted by Crippen LogP contribution is 2.33. The molecule has 0 saturated heterocycles. The molecule has 160 valence electrons. The maximum Gasteiger partial charge on any atom is 0.264 e. The highest BCUT2D eigenvalue weighted by Gasteiger charge is 2.23. The molecule has 1 amide bonds. The number of likely N-dealkylation sites (N-methyl/N-ethyl adjacent to an activating group) is 1. The molecule has 0 bridgehead atoms. The second kappa shape index (κ2) is 8.25. The quantitative estimate of drug-likeness (QED) is 0.273. The van der Waals surface area contributed by atoms with E-state index in [-0.39, 0.29) is 29.6 Å². The number of rotatable bonds is 5. The van der Waals surface area contributed by atoms with Gasteiger partial charge in [0.2, 0.25) is 0 Å². The second-order valence-corrected chi connectivity index (χ2v) is 9.02. The number of amides is 1. The molecule has 0 aliphatic carbocycles. The highest BCUT2D eigenvalue weighted by molar-refractivity contribution is 7.99. The van der Waals surface area contributed by atoms with E-state index < -0.39 is 0 Å². The van der Waals surface area contributed by atoms with E-state index in [1.807, 2.05) is 35.7 Å². The van der Waals surface area contributed by atoms with E-state index >= 15 is 0 Å². The number of benzene rings is 2. The monoisotopic (exact) mass is 463 g/mol. The van der Waals surface area contributed by atoms with Crippen molar-refractivity contribution in [3.8, 4) is 16.9 Å². The van der Waals surface area contributed by atoms with Crippen LogP contribution < -0.4 is 15.2 Å². The summed E-state index contributed by atoms with van der Waals surface area (Å²) in [5.74, 6) is 0.364. The maximum absolute atomic E-state index is 12.8. The number of nitrogens with one attached hydrogen (secondary N) is 1. The number of ether oxygens (including phenoxy) is 1. The van der Waals surface area contributed by atoms with Crippen LogP contribution in [0.25, 0.3) is 21.3 Å². The Bertz CT molecular complexity index is 1410. The number of thioether (sulfide) groups is 1. The molecule has 2 aromatic carbocycles. The fraction of sp³-hybridized carbons (Fsp3) is 0.130. The zero-order valence-electron chi connectivity index (χ0n) is 17.0. The van der Waals surface area contributed by atoms with Crippen molar-refractivity contribution >= 4 is 50.7 Å². The van der Waals surface area contributed by atoms with Crippen molar-refractivity contribution in [3.05, 3.63) is 69.8 Å². The van der Waals surface area contributed by atoms with Gasteiger partial charge in [-0.05, 0) is 23.8 Å². The molecule has 0 radical (unpaired) electrons. The average Bonchev–Trinajstić information content (AvgIpc) is 3.25. The summed E-state index contributed by atoms with van der Waals surface area (Å²) >= 11 is 2.58. The van der Waals surface area contributed by atoms with Crippen LogP contribution in [0.4, 0.5) is 5.69 Å². The minimum absolute atomic E-state index is 0.0110. The summed E-state index contributed by atoms with van der Waals surface area (Å²) in [6, 6.07) is 14.7. The van der Waals surface area contributed by atoms with Crippen LogP contribution in [0.1, 0.15) is 10.4 Å². The van der Waals surface area contributed by atoms with Crippen LogP contribution in [0.15, 0.2) is 63.9 Å². The number of thiophene rings is 1. The number of ketones is 1. The molecule has 1 aliphatic rings. The number of hydrogen-bond acceptors (Lipinski definition) is 7. The standard InChI is InChI=1S/C23H17N3O4S2/c1-26-16-9-14(7-8-18(16)30-10-19(26)28)17(27)12-32-23-24-21(29)20-15(11-31-22(20)25-23)13-5-3-2-4-6-13/h2-9,11H,10,12H2,1H3,(H,24,25,29). The van der Waals surface area contributed by atoms with Gasteiger partial charge in [-0.15, -0.1) is 11.3 Å².